The summed E-state index contributed by atoms with van der Waals surface area (Å²) in [5.74, 6) is 0.0558. The number of rotatable bonds is 5. The maximum atomic E-state index is 12.0. The highest BCUT2D eigenvalue weighted by molar-refractivity contribution is 6.00. The molecule has 2 amide bonds. The van der Waals surface area contributed by atoms with E-state index in [0.717, 1.165) is 0 Å². The summed E-state index contributed by atoms with van der Waals surface area (Å²) in [6.07, 6.45) is 0. The van der Waals surface area contributed by atoms with E-state index in [1.54, 1.807) is 42.5 Å². The number of hydrogen-bond donors (Lipinski definition) is 2. The van der Waals surface area contributed by atoms with Crippen LogP contribution in [0.25, 0.3) is 0 Å². The van der Waals surface area contributed by atoms with Crippen LogP contribution in [0, 0.1) is 11.3 Å². The summed E-state index contributed by atoms with van der Waals surface area (Å²) in [5.41, 5.74) is 1.36. The van der Waals surface area contributed by atoms with Gasteiger partial charge in [0.15, 0.2) is 6.61 Å². The molecule has 0 spiro atoms. The van der Waals surface area contributed by atoms with E-state index in [2.05, 4.69) is 15.4 Å². The lowest BCUT2D eigenvalue weighted by atomic mass is 10.2. The van der Waals surface area contributed by atoms with Gasteiger partial charge in [-0.1, -0.05) is 6.07 Å². The number of nitriles is 1. The van der Waals surface area contributed by atoms with Crippen molar-refractivity contribution in [2.45, 2.75) is 0 Å². The van der Waals surface area contributed by atoms with Crippen molar-refractivity contribution < 1.29 is 19.1 Å². The van der Waals surface area contributed by atoms with E-state index >= 15 is 0 Å². The molecule has 0 atom stereocenters. The first-order valence-electron chi connectivity index (χ1n) is 6.98. The number of nitrogens with zero attached hydrogens (tertiary/aromatic N) is 1. The van der Waals surface area contributed by atoms with Crippen molar-refractivity contribution in [1.29, 1.82) is 5.26 Å². The normalized spacial score (nSPS) is 9.50. The third-order valence-corrected chi connectivity index (χ3v) is 2.96. The molecule has 0 heterocycles. The monoisotopic (exact) mass is 325 g/mol. The van der Waals surface area contributed by atoms with Gasteiger partial charge in [-0.25, -0.2) is 9.59 Å². The first-order valence-corrected chi connectivity index (χ1v) is 6.98. The van der Waals surface area contributed by atoms with Crippen LogP contribution in [0.4, 0.5) is 16.2 Å². The van der Waals surface area contributed by atoms with Crippen molar-refractivity contribution >= 4 is 23.4 Å². The van der Waals surface area contributed by atoms with Crippen LogP contribution >= 0.6 is 0 Å². The maximum absolute atomic E-state index is 12.0. The molecule has 2 aromatic carbocycles. The Hall–Kier alpha value is -3.53. The van der Waals surface area contributed by atoms with E-state index in [9.17, 15) is 9.59 Å². The molecule has 2 N–H and O–H groups in total. The number of esters is 1. The number of amides is 2. The molecule has 24 heavy (non-hydrogen) atoms. The first kappa shape index (κ1) is 16.8. The minimum atomic E-state index is -0.480. The predicted molar refractivity (Wildman–Crippen MR) is 88.0 cm³/mol. The van der Waals surface area contributed by atoms with E-state index in [1.807, 2.05) is 6.07 Å². The Labute approximate surface area is 138 Å². The standard InChI is InChI=1S/C17H15N3O4/c1-23-16(21)12-3-2-4-14(11-12)20-17(22)19-13-5-7-15(8-6-13)24-10-9-18/h2-8,11H,10H2,1H3,(H2,19,20,22). The molecule has 0 bridgehead atoms. The van der Waals surface area contributed by atoms with Gasteiger partial charge in [-0.15, -0.1) is 0 Å². The topological polar surface area (TPSA) is 100 Å². The van der Waals surface area contributed by atoms with Gasteiger partial charge < -0.3 is 20.1 Å². The average Bonchev–Trinajstić information content (AvgIpc) is 2.60. The fourth-order valence-electron chi connectivity index (χ4n) is 1.89. The zero-order chi connectivity index (χ0) is 17.4. The van der Waals surface area contributed by atoms with Crippen LogP contribution in [0.1, 0.15) is 10.4 Å². The van der Waals surface area contributed by atoms with Crippen molar-refractivity contribution in [3.63, 3.8) is 0 Å². The average molecular weight is 325 g/mol. The Morgan fingerprint density at radius 3 is 2.46 bits per heavy atom. The second-order valence-corrected chi connectivity index (χ2v) is 4.62. The molecular weight excluding hydrogens is 310 g/mol. The third kappa shape index (κ3) is 4.74. The van der Waals surface area contributed by atoms with E-state index in [0.29, 0.717) is 22.7 Å². The van der Waals surface area contributed by atoms with Crippen LogP contribution in [-0.2, 0) is 4.74 Å². The van der Waals surface area contributed by atoms with E-state index in [-0.39, 0.29) is 6.61 Å². The minimum Gasteiger partial charge on any atom is -0.479 e. The molecule has 0 aliphatic rings. The summed E-state index contributed by atoms with van der Waals surface area (Å²) < 4.78 is 9.76. The highest BCUT2D eigenvalue weighted by Crippen LogP contribution is 2.16. The van der Waals surface area contributed by atoms with Crippen molar-refractivity contribution in [2.75, 3.05) is 24.4 Å². The molecule has 0 radical (unpaired) electrons. The highest BCUT2D eigenvalue weighted by Gasteiger charge is 2.08. The maximum Gasteiger partial charge on any atom is 0.337 e. The van der Waals surface area contributed by atoms with Gasteiger partial charge in [-0.3, -0.25) is 0 Å². The van der Waals surface area contributed by atoms with Crippen molar-refractivity contribution in [3.05, 3.63) is 54.1 Å². The summed E-state index contributed by atoms with van der Waals surface area (Å²) in [5, 5.41) is 13.7. The summed E-state index contributed by atoms with van der Waals surface area (Å²) >= 11 is 0. The lowest BCUT2D eigenvalue weighted by Gasteiger charge is -2.09. The molecule has 0 saturated carbocycles. The Morgan fingerprint density at radius 1 is 1.08 bits per heavy atom. The third-order valence-electron chi connectivity index (χ3n) is 2.96. The zero-order valence-electron chi connectivity index (χ0n) is 12.9. The number of anilines is 2. The van der Waals surface area contributed by atoms with Gasteiger partial charge in [0.25, 0.3) is 0 Å². The second kappa shape index (κ2) is 8.19. The quantitative estimate of drug-likeness (QED) is 0.823. The SMILES string of the molecule is COC(=O)c1cccc(NC(=O)Nc2ccc(OCC#N)cc2)c1. The van der Waals surface area contributed by atoms with Gasteiger partial charge in [0.05, 0.1) is 12.7 Å². The van der Waals surface area contributed by atoms with Gasteiger partial charge in [-0.2, -0.15) is 5.26 Å². The number of ether oxygens (including phenoxy) is 2. The molecule has 0 unspecified atom stereocenters. The van der Waals surface area contributed by atoms with Crippen LogP contribution in [-0.4, -0.2) is 25.7 Å². The zero-order valence-corrected chi connectivity index (χ0v) is 12.9. The van der Waals surface area contributed by atoms with Gasteiger partial charge in [0, 0.05) is 11.4 Å². The van der Waals surface area contributed by atoms with E-state index in [4.69, 9.17) is 10.00 Å². The lowest BCUT2D eigenvalue weighted by Crippen LogP contribution is -2.19. The van der Waals surface area contributed by atoms with Crippen molar-refractivity contribution in [2.24, 2.45) is 0 Å². The van der Waals surface area contributed by atoms with Gasteiger partial charge in [-0.05, 0) is 42.5 Å². The Balaban J connectivity index is 1.96. The summed E-state index contributed by atoms with van der Waals surface area (Å²) in [4.78, 5) is 23.4. The van der Waals surface area contributed by atoms with Gasteiger partial charge >= 0.3 is 12.0 Å². The first-order chi connectivity index (χ1) is 11.6. The molecular formula is C17H15N3O4. The van der Waals surface area contributed by atoms with Crippen molar-refractivity contribution in [1.82, 2.24) is 0 Å². The molecule has 0 aromatic heterocycles. The highest BCUT2D eigenvalue weighted by atomic mass is 16.5. The molecule has 2 rings (SSSR count). The smallest absolute Gasteiger partial charge is 0.337 e. The number of carbonyl (C=O) groups excluding carboxylic acids is 2. The van der Waals surface area contributed by atoms with Gasteiger partial charge in [0.1, 0.15) is 11.8 Å². The second-order valence-electron chi connectivity index (χ2n) is 4.62. The Morgan fingerprint density at radius 2 is 1.79 bits per heavy atom. The van der Waals surface area contributed by atoms with Gasteiger partial charge in [0.2, 0.25) is 0 Å². The van der Waals surface area contributed by atoms with Crippen LogP contribution in [0.3, 0.4) is 0 Å². The largest absolute Gasteiger partial charge is 0.479 e. The summed E-state index contributed by atoms with van der Waals surface area (Å²) in [7, 11) is 1.29. The fraction of sp³-hybridized carbons (Fsp3) is 0.118. The molecule has 0 saturated heterocycles. The summed E-state index contributed by atoms with van der Waals surface area (Å²) in [6.45, 7) is -0.0379. The molecule has 7 nitrogen and oxygen atoms in total. The Bertz CT molecular complexity index is 766. The molecule has 0 aliphatic heterocycles. The number of urea groups is 1. The molecule has 122 valence electrons. The number of methoxy groups -OCH3 is 1. The van der Waals surface area contributed by atoms with Crippen molar-refractivity contribution in [3.8, 4) is 11.8 Å². The van der Waals surface area contributed by atoms with E-state index in [1.165, 1.54) is 13.2 Å². The predicted octanol–water partition coefficient (Wildman–Crippen LogP) is 3.02. The molecule has 2 aromatic rings. The molecule has 0 aliphatic carbocycles. The minimum absolute atomic E-state index is 0.0379. The fourth-order valence-corrected chi connectivity index (χ4v) is 1.89. The summed E-state index contributed by atoms with van der Waals surface area (Å²) in [6, 6.07) is 14.4. The van der Waals surface area contributed by atoms with Crippen LogP contribution in [0.15, 0.2) is 48.5 Å². The van der Waals surface area contributed by atoms with E-state index < -0.39 is 12.0 Å². The van der Waals surface area contributed by atoms with Crippen LogP contribution in [0.5, 0.6) is 5.75 Å². The number of hydrogen-bond acceptors (Lipinski definition) is 5. The van der Waals surface area contributed by atoms with Crippen LogP contribution < -0.4 is 15.4 Å². The Kier molecular flexibility index (Phi) is 5.75. The number of benzene rings is 2. The lowest BCUT2D eigenvalue weighted by molar-refractivity contribution is 0.0600. The molecule has 0 fully saturated rings. The molecule has 7 heteroatoms. The number of nitrogens with one attached hydrogen (secondary N) is 2. The van der Waals surface area contributed by atoms with Crippen LogP contribution in [0.2, 0.25) is 0 Å². The number of carbonyl (C=O) groups is 2.